The molecule has 1 amide bonds. The molecule has 138 valence electrons. The number of thiophene rings is 1. The van der Waals surface area contributed by atoms with E-state index in [0.29, 0.717) is 11.4 Å². The van der Waals surface area contributed by atoms with E-state index in [4.69, 9.17) is 16.3 Å². The van der Waals surface area contributed by atoms with Crippen molar-refractivity contribution >= 4 is 34.5 Å². The Kier molecular flexibility index (Phi) is 4.94. The third-order valence-electron chi connectivity index (χ3n) is 4.60. The lowest BCUT2D eigenvalue weighted by molar-refractivity contribution is -0.116. The summed E-state index contributed by atoms with van der Waals surface area (Å²) in [7, 11) is 0. The van der Waals surface area contributed by atoms with Gasteiger partial charge in [0.1, 0.15) is 5.75 Å². The van der Waals surface area contributed by atoms with Crippen molar-refractivity contribution in [3.05, 3.63) is 69.4 Å². The maximum absolute atomic E-state index is 12.4. The van der Waals surface area contributed by atoms with Crippen LogP contribution in [0, 0.1) is 0 Å². The molecule has 1 N–H and O–H groups in total. The van der Waals surface area contributed by atoms with Crippen LogP contribution >= 0.6 is 22.9 Å². The highest BCUT2D eigenvalue weighted by Crippen LogP contribution is 2.46. The lowest BCUT2D eigenvalue weighted by atomic mass is 9.89. The topological polar surface area (TPSA) is 38.3 Å². The van der Waals surface area contributed by atoms with Crippen LogP contribution in [0.25, 0.3) is 11.1 Å². The molecule has 0 fully saturated rings. The van der Waals surface area contributed by atoms with Gasteiger partial charge in [0.2, 0.25) is 5.91 Å². The molecule has 5 heteroatoms. The number of benzene rings is 2. The van der Waals surface area contributed by atoms with Crippen molar-refractivity contribution in [3.8, 4) is 16.9 Å². The van der Waals surface area contributed by atoms with Gasteiger partial charge in [0.05, 0.1) is 11.8 Å². The molecule has 2 aromatic carbocycles. The van der Waals surface area contributed by atoms with Crippen molar-refractivity contribution in [3.63, 3.8) is 0 Å². The second kappa shape index (κ2) is 7.37. The number of fused-ring (bicyclic) bond motifs is 1. The monoisotopic (exact) mass is 397 g/mol. The summed E-state index contributed by atoms with van der Waals surface area (Å²) in [4.78, 5) is 13.6. The lowest BCUT2D eigenvalue weighted by Gasteiger charge is -2.24. The van der Waals surface area contributed by atoms with Gasteiger partial charge in [-0.05, 0) is 49.2 Å². The largest absolute Gasteiger partial charge is 0.491 e. The molecule has 1 aliphatic heterocycles. The summed E-state index contributed by atoms with van der Waals surface area (Å²) >= 11 is 7.70. The number of rotatable bonds is 4. The van der Waals surface area contributed by atoms with Gasteiger partial charge in [-0.25, -0.2) is 0 Å². The number of hydrogen-bond acceptors (Lipinski definition) is 3. The quantitative estimate of drug-likeness (QED) is 0.558. The fourth-order valence-corrected chi connectivity index (χ4v) is 4.68. The molecule has 3 aromatic rings. The molecule has 3 nitrogen and oxygen atoms in total. The number of anilines is 1. The predicted octanol–water partition coefficient (Wildman–Crippen LogP) is 6.33. The third-order valence-corrected chi connectivity index (χ3v) is 5.95. The molecule has 0 spiro atoms. The molecule has 27 heavy (non-hydrogen) atoms. The van der Waals surface area contributed by atoms with Crippen LogP contribution in [0.3, 0.4) is 0 Å². The molecule has 0 radical (unpaired) electrons. The van der Waals surface area contributed by atoms with E-state index >= 15 is 0 Å². The van der Waals surface area contributed by atoms with E-state index in [-0.39, 0.29) is 17.9 Å². The van der Waals surface area contributed by atoms with Gasteiger partial charge in [0, 0.05) is 33.2 Å². The van der Waals surface area contributed by atoms with E-state index in [1.54, 1.807) is 11.3 Å². The first-order valence-electron chi connectivity index (χ1n) is 8.95. The highest BCUT2D eigenvalue weighted by Gasteiger charge is 2.30. The van der Waals surface area contributed by atoms with E-state index in [9.17, 15) is 4.79 Å². The predicted molar refractivity (Wildman–Crippen MR) is 112 cm³/mol. The van der Waals surface area contributed by atoms with Crippen LogP contribution in [0.2, 0.25) is 5.02 Å². The molecule has 1 aromatic heterocycles. The summed E-state index contributed by atoms with van der Waals surface area (Å²) in [6.07, 6.45) is 0.597. The van der Waals surface area contributed by atoms with Gasteiger partial charge in [-0.1, -0.05) is 35.9 Å². The van der Waals surface area contributed by atoms with Crippen molar-refractivity contribution in [2.75, 3.05) is 5.32 Å². The molecule has 0 aliphatic carbocycles. The molecule has 0 saturated heterocycles. The van der Waals surface area contributed by atoms with Gasteiger partial charge in [0.15, 0.2) is 0 Å². The molecule has 0 bridgehead atoms. The molecule has 1 aliphatic rings. The minimum absolute atomic E-state index is 0.0450. The Balaban J connectivity index is 1.69. The molecule has 4 rings (SSSR count). The summed E-state index contributed by atoms with van der Waals surface area (Å²) in [6, 6.07) is 15.8. The average Bonchev–Trinajstić information content (AvgIpc) is 3.05. The maximum Gasteiger partial charge on any atom is 0.225 e. The van der Waals surface area contributed by atoms with E-state index in [2.05, 4.69) is 22.8 Å². The summed E-state index contributed by atoms with van der Waals surface area (Å²) in [5.41, 5.74) is 4.15. The van der Waals surface area contributed by atoms with E-state index < -0.39 is 0 Å². The fourth-order valence-electron chi connectivity index (χ4n) is 3.39. The standard InChI is InChI=1S/C22H20ClNO2S/c1-13(2)26-17-9-5-14(6-10-17)18-11-20(25)24-21-19(12-27-22(18)21)15-3-7-16(23)8-4-15/h3-10,12-13,18H,11H2,1-2H3,(H,24,25)/t18-/m1/s1. The first kappa shape index (κ1) is 18.1. The van der Waals surface area contributed by atoms with Crippen molar-refractivity contribution in [2.24, 2.45) is 0 Å². The van der Waals surface area contributed by atoms with Crippen LogP contribution in [0.1, 0.15) is 36.6 Å². The Hall–Kier alpha value is -2.30. The SMILES string of the molecule is CC(C)Oc1ccc([C@H]2CC(=O)Nc3c(-c4ccc(Cl)cc4)csc32)cc1. The van der Waals surface area contributed by atoms with Crippen LogP contribution in [-0.4, -0.2) is 12.0 Å². The normalized spacial score (nSPS) is 16.1. The van der Waals surface area contributed by atoms with E-state index in [1.807, 2.05) is 50.2 Å². The molecular weight excluding hydrogens is 378 g/mol. The molecule has 1 atom stereocenters. The minimum atomic E-state index is 0.0450. The second-order valence-electron chi connectivity index (χ2n) is 6.94. The van der Waals surface area contributed by atoms with Crippen molar-refractivity contribution in [2.45, 2.75) is 32.3 Å². The van der Waals surface area contributed by atoms with Crippen LogP contribution in [0.15, 0.2) is 53.9 Å². The van der Waals surface area contributed by atoms with E-state index in [1.165, 1.54) is 4.88 Å². The smallest absolute Gasteiger partial charge is 0.225 e. The van der Waals surface area contributed by atoms with Gasteiger partial charge in [-0.3, -0.25) is 4.79 Å². The highest BCUT2D eigenvalue weighted by molar-refractivity contribution is 7.11. The molecule has 2 heterocycles. The molecule has 0 saturated carbocycles. The zero-order valence-electron chi connectivity index (χ0n) is 15.2. The third kappa shape index (κ3) is 3.73. The van der Waals surface area contributed by atoms with Crippen LogP contribution < -0.4 is 10.1 Å². The van der Waals surface area contributed by atoms with Crippen molar-refractivity contribution < 1.29 is 9.53 Å². The number of carbonyl (C=O) groups is 1. The van der Waals surface area contributed by atoms with Gasteiger partial charge < -0.3 is 10.1 Å². The average molecular weight is 398 g/mol. The summed E-state index contributed by atoms with van der Waals surface area (Å²) < 4.78 is 5.73. The number of hydrogen-bond donors (Lipinski definition) is 1. The number of halogens is 1. The Labute approximate surface area is 167 Å². The number of ether oxygens (including phenoxy) is 1. The molecule has 0 unspecified atom stereocenters. The van der Waals surface area contributed by atoms with E-state index in [0.717, 1.165) is 28.1 Å². The second-order valence-corrected chi connectivity index (χ2v) is 8.28. The highest BCUT2D eigenvalue weighted by atomic mass is 35.5. The fraction of sp³-hybridized carbons (Fsp3) is 0.227. The number of carbonyl (C=O) groups excluding carboxylic acids is 1. The zero-order valence-corrected chi connectivity index (χ0v) is 16.7. The van der Waals surface area contributed by atoms with Gasteiger partial charge in [-0.15, -0.1) is 11.3 Å². The Bertz CT molecular complexity index is 961. The summed E-state index contributed by atoms with van der Waals surface area (Å²) in [6.45, 7) is 4.02. The van der Waals surface area contributed by atoms with Crippen molar-refractivity contribution in [1.82, 2.24) is 0 Å². The number of amides is 1. The van der Waals surface area contributed by atoms with Crippen LogP contribution in [-0.2, 0) is 4.79 Å². The first-order chi connectivity index (χ1) is 13.0. The lowest BCUT2D eigenvalue weighted by Crippen LogP contribution is -2.22. The van der Waals surface area contributed by atoms with Crippen LogP contribution in [0.5, 0.6) is 5.75 Å². The maximum atomic E-state index is 12.4. The zero-order chi connectivity index (χ0) is 19.0. The minimum Gasteiger partial charge on any atom is -0.491 e. The van der Waals surface area contributed by atoms with Gasteiger partial charge in [0.25, 0.3) is 0 Å². The Morgan fingerprint density at radius 3 is 2.48 bits per heavy atom. The van der Waals surface area contributed by atoms with Gasteiger partial charge in [-0.2, -0.15) is 0 Å². The Morgan fingerprint density at radius 2 is 1.81 bits per heavy atom. The number of nitrogens with one attached hydrogen (secondary N) is 1. The molecular formula is C22H20ClNO2S. The summed E-state index contributed by atoms with van der Waals surface area (Å²) in [5.74, 6) is 0.957. The Morgan fingerprint density at radius 1 is 1.11 bits per heavy atom. The van der Waals surface area contributed by atoms with Crippen molar-refractivity contribution in [1.29, 1.82) is 0 Å². The first-order valence-corrected chi connectivity index (χ1v) is 10.2. The van der Waals surface area contributed by atoms with Gasteiger partial charge >= 0.3 is 0 Å². The van der Waals surface area contributed by atoms with Crippen LogP contribution in [0.4, 0.5) is 5.69 Å². The summed E-state index contributed by atoms with van der Waals surface area (Å²) in [5, 5.41) is 5.89.